The van der Waals surface area contributed by atoms with Crippen LogP contribution in [0.15, 0.2) is 30.3 Å². The van der Waals surface area contributed by atoms with E-state index in [1.54, 1.807) is 11.9 Å². The number of likely N-dealkylation sites (tertiary alicyclic amines) is 1. The van der Waals surface area contributed by atoms with E-state index in [9.17, 15) is 24.0 Å². The van der Waals surface area contributed by atoms with Gasteiger partial charge in [0.15, 0.2) is 0 Å². The maximum Gasteiger partial charge on any atom is 0.246 e. The summed E-state index contributed by atoms with van der Waals surface area (Å²) in [7, 11) is 5.30. The lowest BCUT2D eigenvalue weighted by molar-refractivity contribution is -0.151. The molecule has 1 heterocycles. The molecule has 1 saturated carbocycles. The zero-order valence-electron chi connectivity index (χ0n) is 29.9. The summed E-state index contributed by atoms with van der Waals surface area (Å²) >= 11 is 0. The summed E-state index contributed by atoms with van der Waals surface area (Å²) < 4.78 is 0. The van der Waals surface area contributed by atoms with Gasteiger partial charge >= 0.3 is 0 Å². The molecule has 2 aliphatic rings. The number of hydrogen-bond acceptors (Lipinski definition) is 6. The summed E-state index contributed by atoms with van der Waals surface area (Å²) in [6.07, 6.45) is 2.77. The summed E-state index contributed by atoms with van der Waals surface area (Å²) in [6.45, 7) is 12.9. The van der Waals surface area contributed by atoms with E-state index < -0.39 is 24.2 Å². The Hall–Kier alpha value is -3.47. The van der Waals surface area contributed by atoms with Gasteiger partial charge in [0.05, 0.1) is 6.04 Å². The van der Waals surface area contributed by atoms with Crippen molar-refractivity contribution in [3.63, 3.8) is 0 Å². The molecule has 47 heavy (non-hydrogen) atoms. The van der Waals surface area contributed by atoms with E-state index in [4.69, 9.17) is 0 Å². The monoisotopic (exact) mass is 654 g/mol. The first kappa shape index (κ1) is 38.0. The molecule has 1 aliphatic carbocycles. The predicted molar refractivity (Wildman–Crippen MR) is 183 cm³/mol. The molecule has 4 unspecified atom stereocenters. The predicted octanol–water partition coefficient (Wildman–Crippen LogP) is 2.65. The van der Waals surface area contributed by atoms with Crippen molar-refractivity contribution in [1.29, 1.82) is 0 Å². The van der Waals surface area contributed by atoms with Crippen LogP contribution >= 0.6 is 0 Å². The number of carbonyl (C=O) groups is 5. The molecule has 1 aromatic rings. The molecule has 1 aliphatic heterocycles. The average molecular weight is 655 g/mol. The van der Waals surface area contributed by atoms with E-state index in [0.29, 0.717) is 38.9 Å². The Morgan fingerprint density at radius 1 is 0.851 bits per heavy atom. The summed E-state index contributed by atoms with van der Waals surface area (Å²) in [5.74, 6) is -1.11. The Balaban J connectivity index is 1.56. The minimum atomic E-state index is -0.799. The molecule has 0 spiro atoms. The molecule has 6 atom stereocenters. The van der Waals surface area contributed by atoms with Gasteiger partial charge in [-0.05, 0) is 69.0 Å². The van der Waals surface area contributed by atoms with E-state index in [-0.39, 0.29) is 59.1 Å². The molecule has 1 aromatic carbocycles. The van der Waals surface area contributed by atoms with E-state index in [1.165, 1.54) is 4.90 Å². The lowest BCUT2D eigenvalue weighted by atomic mass is 9.96. The minimum Gasteiger partial charge on any atom is -0.354 e. The van der Waals surface area contributed by atoms with Gasteiger partial charge in [-0.25, -0.2) is 0 Å². The number of likely N-dealkylation sites (N-methyl/N-ethyl adjacent to an activating group) is 2. The third-order valence-corrected chi connectivity index (χ3v) is 9.56. The van der Waals surface area contributed by atoms with E-state index in [0.717, 1.165) is 12.0 Å². The highest BCUT2D eigenvalue weighted by molar-refractivity contribution is 5.95. The van der Waals surface area contributed by atoms with Crippen LogP contribution in [0.5, 0.6) is 0 Å². The number of nitrogens with one attached hydrogen (secondary N) is 3. The summed E-state index contributed by atoms with van der Waals surface area (Å²) in [4.78, 5) is 71.9. The van der Waals surface area contributed by atoms with E-state index in [1.807, 2.05) is 90.9 Å². The second-order valence-electron chi connectivity index (χ2n) is 14.6. The summed E-state index contributed by atoms with van der Waals surface area (Å²) in [5, 5.41) is 8.97. The highest BCUT2D eigenvalue weighted by atomic mass is 16.2. The Morgan fingerprint density at radius 3 is 2.06 bits per heavy atom. The smallest absolute Gasteiger partial charge is 0.246 e. The van der Waals surface area contributed by atoms with Crippen molar-refractivity contribution in [2.24, 2.45) is 29.6 Å². The molecule has 0 bridgehead atoms. The van der Waals surface area contributed by atoms with Gasteiger partial charge < -0.3 is 25.8 Å². The summed E-state index contributed by atoms with van der Waals surface area (Å²) in [6, 6.07) is 7.21. The Bertz CT molecular complexity index is 1230. The molecule has 262 valence electrons. The van der Waals surface area contributed by atoms with Crippen molar-refractivity contribution in [1.82, 2.24) is 30.7 Å². The fourth-order valence-electron chi connectivity index (χ4n) is 6.92. The number of carbonyl (C=O) groups excluding carboxylic acids is 5. The van der Waals surface area contributed by atoms with Gasteiger partial charge in [0.1, 0.15) is 18.1 Å². The van der Waals surface area contributed by atoms with Gasteiger partial charge in [-0.2, -0.15) is 0 Å². The lowest BCUT2D eigenvalue weighted by Gasteiger charge is -2.38. The molecule has 11 heteroatoms. The van der Waals surface area contributed by atoms with Gasteiger partial charge in [-0.1, -0.05) is 71.9 Å². The fourth-order valence-corrected chi connectivity index (χ4v) is 6.92. The molecule has 1 saturated heterocycles. The van der Waals surface area contributed by atoms with Gasteiger partial charge in [0.2, 0.25) is 29.5 Å². The summed E-state index contributed by atoms with van der Waals surface area (Å²) in [5.41, 5.74) is 1.06. The van der Waals surface area contributed by atoms with Crippen molar-refractivity contribution < 1.29 is 24.0 Å². The number of hydrogen-bond donors (Lipinski definition) is 3. The Labute approximate surface area is 281 Å². The van der Waals surface area contributed by atoms with Crippen molar-refractivity contribution in [3.8, 4) is 0 Å². The molecule has 0 aromatic heterocycles. The fraction of sp³-hybridized carbons (Fsp3) is 0.694. The van der Waals surface area contributed by atoms with Crippen molar-refractivity contribution in [2.45, 2.75) is 97.9 Å². The molecule has 3 rings (SSSR count). The van der Waals surface area contributed by atoms with Gasteiger partial charge in [0, 0.05) is 32.6 Å². The zero-order valence-corrected chi connectivity index (χ0v) is 29.9. The van der Waals surface area contributed by atoms with Crippen LogP contribution in [0.3, 0.4) is 0 Å². The first-order chi connectivity index (χ1) is 22.1. The number of benzene rings is 1. The molecule has 11 nitrogen and oxygen atoms in total. The molecule has 2 fully saturated rings. The number of nitrogens with zero attached hydrogens (tertiary/aromatic N) is 3. The van der Waals surface area contributed by atoms with Crippen LogP contribution < -0.4 is 16.0 Å². The second-order valence-corrected chi connectivity index (χ2v) is 14.6. The van der Waals surface area contributed by atoms with Gasteiger partial charge in [0.25, 0.3) is 0 Å². The molecule has 5 amide bonds. The average Bonchev–Trinajstić information content (AvgIpc) is 3.60. The van der Waals surface area contributed by atoms with Crippen molar-refractivity contribution in [3.05, 3.63) is 35.9 Å². The highest BCUT2D eigenvalue weighted by Crippen LogP contribution is 2.41. The van der Waals surface area contributed by atoms with Crippen LogP contribution in [-0.4, -0.2) is 103 Å². The molecular formula is C36H58N6O5. The SMILES string of the molecule is CC(C)C(NC(=O)[C@H](C(C)C)N(C)C)C(=O)N(C)[C@H](C(=O)N1CCCC1C(=O)NCCC1CC1C(=O)NCc1ccccc1)C(C)C. The molecule has 3 N–H and O–H groups in total. The molecular weight excluding hydrogens is 596 g/mol. The maximum absolute atomic E-state index is 14.0. The standard InChI is InChI=1S/C36H58N6O5/c1-22(2)29(39-34(45)30(23(3)4)40(7)8)35(46)41(9)31(24(5)6)36(47)42-19-13-16-28(42)33(44)37-18-17-26-20-27(26)32(43)38-21-25-14-11-10-12-15-25/h10-12,14-15,22-24,26-31H,13,16-21H2,1-9H3,(H,37,44)(H,38,43)(H,39,45)/t26?,27?,28?,29?,30-,31-/m0/s1. The van der Waals surface area contributed by atoms with Crippen LogP contribution in [0.25, 0.3) is 0 Å². The first-order valence-corrected chi connectivity index (χ1v) is 17.3. The number of amides is 5. The van der Waals surface area contributed by atoms with Crippen LogP contribution in [0.2, 0.25) is 0 Å². The normalized spacial score (nSPS) is 21.0. The van der Waals surface area contributed by atoms with Crippen LogP contribution in [0.4, 0.5) is 0 Å². The van der Waals surface area contributed by atoms with Crippen molar-refractivity contribution >= 4 is 29.5 Å². The van der Waals surface area contributed by atoms with Gasteiger partial charge in [-0.3, -0.25) is 28.9 Å². The van der Waals surface area contributed by atoms with Crippen LogP contribution in [-0.2, 0) is 30.5 Å². The van der Waals surface area contributed by atoms with Crippen molar-refractivity contribution in [2.75, 3.05) is 34.2 Å². The topological polar surface area (TPSA) is 131 Å². The lowest BCUT2D eigenvalue weighted by Crippen LogP contribution is -2.60. The van der Waals surface area contributed by atoms with Crippen LogP contribution in [0.1, 0.15) is 72.8 Å². The third kappa shape index (κ3) is 10.0. The second kappa shape index (κ2) is 17.1. The maximum atomic E-state index is 14.0. The Morgan fingerprint density at radius 2 is 1.49 bits per heavy atom. The van der Waals surface area contributed by atoms with E-state index >= 15 is 0 Å². The quantitative estimate of drug-likeness (QED) is 0.251. The largest absolute Gasteiger partial charge is 0.354 e. The zero-order chi connectivity index (χ0) is 35.0. The third-order valence-electron chi connectivity index (χ3n) is 9.56. The minimum absolute atomic E-state index is 0.0290. The van der Waals surface area contributed by atoms with Gasteiger partial charge in [-0.15, -0.1) is 0 Å². The molecule has 0 radical (unpaired) electrons. The highest BCUT2D eigenvalue weighted by Gasteiger charge is 2.44. The Kier molecular flexibility index (Phi) is 13.8. The number of rotatable bonds is 16. The first-order valence-electron chi connectivity index (χ1n) is 17.3. The van der Waals surface area contributed by atoms with E-state index in [2.05, 4.69) is 16.0 Å². The van der Waals surface area contributed by atoms with Crippen LogP contribution in [0, 0.1) is 29.6 Å².